The number of aromatic nitrogens is 1. The number of hydrogen-bond acceptors (Lipinski definition) is 4. The zero-order chi connectivity index (χ0) is 8.55. The van der Waals surface area contributed by atoms with Gasteiger partial charge >= 0.3 is 0 Å². The summed E-state index contributed by atoms with van der Waals surface area (Å²) in [7, 11) is 0. The molecule has 3 nitrogen and oxygen atoms in total. The molecule has 1 aromatic heterocycles. The van der Waals surface area contributed by atoms with Crippen LogP contribution >= 0.6 is 11.3 Å². The molecule has 12 heavy (non-hydrogen) atoms. The van der Waals surface area contributed by atoms with Crippen LogP contribution in [0.4, 0.5) is 0 Å². The third-order valence-electron chi connectivity index (χ3n) is 2.11. The molecule has 3 N–H and O–H groups in total. The van der Waals surface area contributed by atoms with Crippen LogP contribution in [0, 0.1) is 0 Å². The van der Waals surface area contributed by atoms with Crippen molar-refractivity contribution in [1.29, 1.82) is 0 Å². The van der Waals surface area contributed by atoms with Crippen LogP contribution in [0.2, 0.25) is 0 Å². The standard InChI is InChI=1S/C8H12N2OS/c9-3-6(11)8-7(5-1-2-5)10-4-12-8/h4-6,11H,1-3,9H2/t6-/m1/s1. The predicted octanol–water partition coefficient (Wildman–Crippen LogP) is 1.01. The molecule has 0 aromatic carbocycles. The first kappa shape index (κ1) is 8.16. The smallest absolute Gasteiger partial charge is 0.102 e. The molecule has 0 saturated heterocycles. The van der Waals surface area contributed by atoms with Gasteiger partial charge in [0.05, 0.1) is 16.1 Å². The molecule has 4 heteroatoms. The molecule has 1 aromatic rings. The largest absolute Gasteiger partial charge is 0.386 e. The summed E-state index contributed by atoms with van der Waals surface area (Å²) in [4.78, 5) is 5.22. The lowest BCUT2D eigenvalue weighted by molar-refractivity contribution is 0.189. The highest BCUT2D eigenvalue weighted by molar-refractivity contribution is 7.09. The van der Waals surface area contributed by atoms with Crippen LogP contribution in [-0.2, 0) is 0 Å². The number of aliphatic hydroxyl groups is 1. The minimum absolute atomic E-state index is 0.294. The highest BCUT2D eigenvalue weighted by Gasteiger charge is 2.29. The fourth-order valence-electron chi connectivity index (χ4n) is 1.28. The number of nitrogens with two attached hydrogens (primary N) is 1. The van der Waals surface area contributed by atoms with E-state index < -0.39 is 6.10 Å². The Balaban J connectivity index is 2.23. The summed E-state index contributed by atoms with van der Waals surface area (Å²) >= 11 is 1.51. The maximum Gasteiger partial charge on any atom is 0.102 e. The molecule has 1 heterocycles. The first-order chi connectivity index (χ1) is 5.83. The van der Waals surface area contributed by atoms with Gasteiger partial charge in [-0.05, 0) is 12.8 Å². The lowest BCUT2D eigenvalue weighted by Crippen LogP contribution is -2.11. The summed E-state index contributed by atoms with van der Waals surface area (Å²) in [5, 5.41) is 9.52. The van der Waals surface area contributed by atoms with Gasteiger partial charge in [-0.25, -0.2) is 4.98 Å². The van der Waals surface area contributed by atoms with Crippen molar-refractivity contribution in [3.63, 3.8) is 0 Å². The van der Waals surface area contributed by atoms with Crippen LogP contribution in [0.25, 0.3) is 0 Å². The minimum Gasteiger partial charge on any atom is -0.386 e. The number of thiazole rings is 1. The van der Waals surface area contributed by atoms with Crippen molar-refractivity contribution in [1.82, 2.24) is 4.98 Å². The van der Waals surface area contributed by atoms with Crippen molar-refractivity contribution >= 4 is 11.3 Å². The van der Waals surface area contributed by atoms with Crippen molar-refractivity contribution in [2.75, 3.05) is 6.54 Å². The Morgan fingerprint density at radius 3 is 3.08 bits per heavy atom. The molecule has 1 aliphatic carbocycles. The summed E-state index contributed by atoms with van der Waals surface area (Å²) in [6.45, 7) is 0.294. The third-order valence-corrected chi connectivity index (χ3v) is 3.06. The van der Waals surface area contributed by atoms with Crippen molar-refractivity contribution in [3.8, 4) is 0 Å². The molecular formula is C8H12N2OS. The molecule has 0 aliphatic heterocycles. The van der Waals surface area contributed by atoms with E-state index in [9.17, 15) is 5.11 Å². The average Bonchev–Trinajstić information content (AvgIpc) is 2.83. The number of nitrogens with zero attached hydrogens (tertiary/aromatic N) is 1. The van der Waals surface area contributed by atoms with E-state index in [1.165, 1.54) is 24.2 Å². The van der Waals surface area contributed by atoms with E-state index in [0.717, 1.165) is 10.6 Å². The Morgan fingerprint density at radius 2 is 2.50 bits per heavy atom. The zero-order valence-corrected chi connectivity index (χ0v) is 7.55. The number of hydrogen-bond donors (Lipinski definition) is 2. The summed E-state index contributed by atoms with van der Waals surface area (Å²) in [5.74, 6) is 0.604. The van der Waals surface area contributed by atoms with Gasteiger partial charge in [0.2, 0.25) is 0 Å². The van der Waals surface area contributed by atoms with Crippen LogP contribution in [0.15, 0.2) is 5.51 Å². The van der Waals surface area contributed by atoms with Crippen molar-refractivity contribution in [2.45, 2.75) is 24.9 Å². The molecule has 0 bridgehead atoms. The summed E-state index contributed by atoms with van der Waals surface area (Å²) in [6, 6.07) is 0. The topological polar surface area (TPSA) is 59.1 Å². The second-order valence-electron chi connectivity index (χ2n) is 3.13. The molecule has 2 rings (SSSR count). The monoisotopic (exact) mass is 184 g/mol. The molecular weight excluding hydrogens is 172 g/mol. The van der Waals surface area contributed by atoms with Crippen molar-refractivity contribution in [2.24, 2.45) is 5.73 Å². The van der Waals surface area contributed by atoms with E-state index in [0.29, 0.717) is 12.5 Å². The van der Waals surface area contributed by atoms with E-state index in [2.05, 4.69) is 4.98 Å². The van der Waals surface area contributed by atoms with Gasteiger partial charge in [0.25, 0.3) is 0 Å². The van der Waals surface area contributed by atoms with Crippen LogP contribution in [0.1, 0.15) is 35.4 Å². The first-order valence-corrected chi connectivity index (χ1v) is 5.02. The van der Waals surface area contributed by atoms with Gasteiger partial charge < -0.3 is 10.8 Å². The summed E-state index contributed by atoms with van der Waals surface area (Å²) in [5.41, 5.74) is 8.26. The molecule has 1 saturated carbocycles. The van der Waals surface area contributed by atoms with Gasteiger partial charge in [0.15, 0.2) is 0 Å². The second kappa shape index (κ2) is 3.12. The zero-order valence-electron chi connectivity index (χ0n) is 6.73. The minimum atomic E-state index is -0.506. The van der Waals surface area contributed by atoms with Gasteiger partial charge in [-0.2, -0.15) is 0 Å². The quantitative estimate of drug-likeness (QED) is 0.737. The molecule has 0 unspecified atom stereocenters. The molecule has 1 aliphatic rings. The van der Waals surface area contributed by atoms with Crippen LogP contribution in [-0.4, -0.2) is 16.6 Å². The SMILES string of the molecule is NC[C@@H](O)c1scnc1C1CC1. The van der Waals surface area contributed by atoms with Crippen LogP contribution in [0.5, 0.6) is 0 Å². The highest BCUT2D eigenvalue weighted by atomic mass is 32.1. The second-order valence-corrected chi connectivity index (χ2v) is 4.01. The van der Waals surface area contributed by atoms with Crippen molar-refractivity contribution < 1.29 is 5.11 Å². The highest BCUT2D eigenvalue weighted by Crippen LogP contribution is 2.43. The molecule has 1 atom stereocenters. The average molecular weight is 184 g/mol. The van der Waals surface area contributed by atoms with Gasteiger partial charge in [-0.3, -0.25) is 0 Å². The van der Waals surface area contributed by atoms with Gasteiger partial charge in [0, 0.05) is 12.5 Å². The Hall–Kier alpha value is -0.450. The Labute approximate surface area is 75.2 Å². The molecule has 66 valence electrons. The third kappa shape index (κ3) is 1.37. The van der Waals surface area contributed by atoms with E-state index in [4.69, 9.17) is 5.73 Å². The van der Waals surface area contributed by atoms with E-state index in [1.807, 2.05) is 0 Å². The lowest BCUT2D eigenvalue weighted by Gasteiger charge is -2.05. The van der Waals surface area contributed by atoms with Crippen LogP contribution < -0.4 is 5.73 Å². The Bertz CT molecular complexity index is 270. The number of rotatable bonds is 3. The summed E-state index contributed by atoms with van der Waals surface area (Å²) < 4.78 is 0. The lowest BCUT2D eigenvalue weighted by atomic mass is 10.2. The fourth-order valence-corrected chi connectivity index (χ4v) is 2.16. The Kier molecular flexibility index (Phi) is 2.12. The molecule has 1 fully saturated rings. The Morgan fingerprint density at radius 1 is 1.75 bits per heavy atom. The molecule has 0 radical (unpaired) electrons. The molecule has 0 amide bonds. The predicted molar refractivity (Wildman–Crippen MR) is 48.1 cm³/mol. The van der Waals surface area contributed by atoms with Crippen LogP contribution in [0.3, 0.4) is 0 Å². The summed E-state index contributed by atoms with van der Waals surface area (Å²) in [6.07, 6.45) is 1.93. The number of aliphatic hydroxyl groups excluding tert-OH is 1. The van der Waals surface area contributed by atoms with Gasteiger partial charge in [-0.1, -0.05) is 0 Å². The first-order valence-electron chi connectivity index (χ1n) is 4.14. The maximum atomic E-state index is 9.52. The van der Waals surface area contributed by atoms with Gasteiger partial charge in [0.1, 0.15) is 6.10 Å². The van der Waals surface area contributed by atoms with E-state index in [1.54, 1.807) is 5.51 Å². The van der Waals surface area contributed by atoms with Gasteiger partial charge in [-0.15, -0.1) is 11.3 Å². The van der Waals surface area contributed by atoms with E-state index in [-0.39, 0.29) is 0 Å². The van der Waals surface area contributed by atoms with E-state index >= 15 is 0 Å². The fraction of sp³-hybridized carbons (Fsp3) is 0.625. The maximum absolute atomic E-state index is 9.52. The molecule has 0 spiro atoms. The van der Waals surface area contributed by atoms with Crippen molar-refractivity contribution in [3.05, 3.63) is 16.1 Å². The normalized spacial score (nSPS) is 19.5.